The molecule has 11 heteroatoms. The van der Waals surface area contributed by atoms with Crippen molar-refractivity contribution in [3.63, 3.8) is 0 Å². The van der Waals surface area contributed by atoms with Crippen LogP contribution in [0.4, 0.5) is 13.2 Å². The Balaban J connectivity index is 2.24. The van der Waals surface area contributed by atoms with E-state index in [4.69, 9.17) is 11.6 Å². The average Bonchev–Trinajstić information content (AvgIpc) is 2.59. The van der Waals surface area contributed by atoms with Crippen molar-refractivity contribution in [2.45, 2.75) is 37.4 Å². The van der Waals surface area contributed by atoms with Crippen molar-refractivity contribution in [1.29, 1.82) is 0 Å². The maximum Gasteiger partial charge on any atom is 0.416 e. The molecule has 0 aliphatic carbocycles. The zero-order valence-corrected chi connectivity index (χ0v) is 16.3. The SMILES string of the molecule is CN(C)C1NC(=O)CC(C(=O)N[C@@](C)(CO)c2ccc(C(F)(F)F)cc2Cl)N1. The van der Waals surface area contributed by atoms with Crippen LogP contribution in [0.15, 0.2) is 18.2 Å². The number of nitrogens with one attached hydrogen (secondary N) is 3. The number of rotatable bonds is 5. The van der Waals surface area contributed by atoms with Crippen LogP contribution in [0.5, 0.6) is 0 Å². The summed E-state index contributed by atoms with van der Waals surface area (Å²) < 4.78 is 38.5. The Bertz CT molecular complexity index is 760. The standard InChI is InChI=1S/C17H22ClF3N4O3/c1-16(8-26,10-5-4-9(6-11(10)18)17(19,20)21)24-14(28)12-7-13(27)23-15(22-12)25(2)3/h4-6,12,15,22,26H,7-8H2,1-3H3,(H,23,27)(H,24,28)/t12?,15?,16-/m0/s1. The van der Waals surface area contributed by atoms with Gasteiger partial charge in [0.15, 0.2) is 0 Å². The largest absolute Gasteiger partial charge is 0.416 e. The second-order valence-electron chi connectivity index (χ2n) is 7.03. The van der Waals surface area contributed by atoms with Gasteiger partial charge in [-0.2, -0.15) is 13.2 Å². The fraction of sp³-hybridized carbons (Fsp3) is 0.529. The van der Waals surface area contributed by atoms with Gasteiger partial charge in [0.2, 0.25) is 11.8 Å². The third-order valence-corrected chi connectivity index (χ3v) is 4.80. The Labute approximate surface area is 165 Å². The maximum absolute atomic E-state index is 12.8. The molecule has 7 nitrogen and oxygen atoms in total. The highest BCUT2D eigenvalue weighted by Crippen LogP contribution is 2.35. The first-order chi connectivity index (χ1) is 12.9. The number of aliphatic hydroxyl groups excluding tert-OH is 1. The molecule has 0 radical (unpaired) electrons. The van der Waals surface area contributed by atoms with Crippen molar-refractivity contribution in [3.05, 3.63) is 34.3 Å². The third kappa shape index (κ3) is 4.93. The van der Waals surface area contributed by atoms with Gasteiger partial charge in [-0.05, 0) is 38.7 Å². The highest BCUT2D eigenvalue weighted by Gasteiger charge is 2.38. The molecule has 0 saturated carbocycles. The van der Waals surface area contributed by atoms with Gasteiger partial charge in [0, 0.05) is 5.02 Å². The van der Waals surface area contributed by atoms with Crippen molar-refractivity contribution in [2.75, 3.05) is 20.7 Å². The lowest BCUT2D eigenvalue weighted by Gasteiger charge is -2.37. The van der Waals surface area contributed by atoms with E-state index in [0.29, 0.717) is 0 Å². The molecule has 1 aromatic carbocycles. The van der Waals surface area contributed by atoms with Crippen LogP contribution >= 0.6 is 11.6 Å². The molecule has 2 rings (SSSR count). The van der Waals surface area contributed by atoms with Gasteiger partial charge in [-0.15, -0.1) is 0 Å². The number of aliphatic hydroxyl groups is 1. The first-order valence-electron chi connectivity index (χ1n) is 8.39. The van der Waals surface area contributed by atoms with Crippen molar-refractivity contribution < 1.29 is 27.9 Å². The van der Waals surface area contributed by atoms with Crippen LogP contribution in [-0.2, 0) is 21.3 Å². The summed E-state index contributed by atoms with van der Waals surface area (Å²) in [6.07, 6.45) is -5.26. The van der Waals surface area contributed by atoms with Gasteiger partial charge in [-0.25, -0.2) is 0 Å². The Morgan fingerprint density at radius 2 is 2.04 bits per heavy atom. The predicted molar refractivity (Wildman–Crippen MR) is 96.2 cm³/mol. The van der Waals surface area contributed by atoms with Crippen molar-refractivity contribution >= 4 is 23.4 Å². The summed E-state index contributed by atoms with van der Waals surface area (Å²) in [7, 11) is 3.41. The number of nitrogens with zero attached hydrogens (tertiary/aromatic N) is 1. The number of halogens is 4. The minimum absolute atomic E-state index is 0.127. The summed E-state index contributed by atoms with van der Waals surface area (Å²) in [5.74, 6) is -0.926. The van der Waals surface area contributed by atoms with Gasteiger partial charge in [0.05, 0.1) is 30.2 Å². The van der Waals surface area contributed by atoms with E-state index in [0.717, 1.165) is 18.2 Å². The quantitative estimate of drug-likeness (QED) is 0.568. The number of carbonyl (C=O) groups excluding carboxylic acids is 2. The van der Waals surface area contributed by atoms with Gasteiger partial charge in [0.1, 0.15) is 6.29 Å². The lowest BCUT2D eigenvalue weighted by atomic mass is 9.91. The molecular formula is C17H22ClF3N4O3. The molecule has 1 aliphatic heterocycles. The molecule has 1 aromatic rings. The van der Waals surface area contributed by atoms with Crippen LogP contribution in [0, 0.1) is 0 Å². The molecular weight excluding hydrogens is 401 g/mol. The van der Waals surface area contributed by atoms with Crippen molar-refractivity contribution in [1.82, 2.24) is 20.9 Å². The average molecular weight is 423 g/mol. The van der Waals surface area contributed by atoms with Crippen LogP contribution in [0.25, 0.3) is 0 Å². The second-order valence-corrected chi connectivity index (χ2v) is 7.44. The van der Waals surface area contributed by atoms with Crippen LogP contribution < -0.4 is 16.0 Å². The van der Waals surface area contributed by atoms with E-state index in [1.165, 1.54) is 6.92 Å². The number of amides is 2. The molecule has 3 atom stereocenters. The molecule has 1 heterocycles. The van der Waals surface area contributed by atoms with E-state index < -0.39 is 42.1 Å². The van der Waals surface area contributed by atoms with Crippen molar-refractivity contribution in [2.24, 2.45) is 0 Å². The minimum Gasteiger partial charge on any atom is -0.394 e. The van der Waals surface area contributed by atoms with Crippen LogP contribution in [0.2, 0.25) is 5.02 Å². The summed E-state index contributed by atoms with van der Waals surface area (Å²) in [6.45, 7) is 0.825. The molecule has 2 unspecified atom stereocenters. The van der Waals surface area contributed by atoms with Gasteiger partial charge in [0.25, 0.3) is 0 Å². The summed E-state index contributed by atoms with van der Waals surface area (Å²) in [5.41, 5.74) is -2.25. The predicted octanol–water partition coefficient (Wildman–Crippen LogP) is 1.01. The first kappa shape index (κ1) is 22.4. The summed E-state index contributed by atoms with van der Waals surface area (Å²) in [6, 6.07) is 1.80. The molecule has 1 fully saturated rings. The zero-order valence-electron chi connectivity index (χ0n) is 15.5. The fourth-order valence-electron chi connectivity index (χ4n) is 2.82. The van der Waals surface area contributed by atoms with Crippen molar-refractivity contribution in [3.8, 4) is 0 Å². The Kier molecular flexibility index (Phi) is 6.59. The lowest BCUT2D eigenvalue weighted by molar-refractivity contribution is -0.137. The summed E-state index contributed by atoms with van der Waals surface area (Å²) in [4.78, 5) is 26.2. The molecule has 0 bridgehead atoms. The fourth-order valence-corrected chi connectivity index (χ4v) is 3.21. The van der Waals surface area contributed by atoms with E-state index in [-0.39, 0.29) is 22.9 Å². The molecule has 1 aliphatic rings. The Morgan fingerprint density at radius 3 is 2.54 bits per heavy atom. The molecule has 0 spiro atoms. The van der Waals surface area contributed by atoms with Crippen LogP contribution in [0.3, 0.4) is 0 Å². The second kappa shape index (κ2) is 8.24. The zero-order chi connectivity index (χ0) is 21.3. The van der Waals surface area contributed by atoms with Gasteiger partial charge in [-0.3, -0.25) is 19.8 Å². The van der Waals surface area contributed by atoms with Crippen LogP contribution in [0.1, 0.15) is 24.5 Å². The smallest absolute Gasteiger partial charge is 0.394 e. The number of benzene rings is 1. The van der Waals surface area contributed by atoms with E-state index in [1.807, 2.05) is 0 Å². The normalized spacial score (nSPS) is 22.5. The minimum atomic E-state index is -4.57. The summed E-state index contributed by atoms with van der Waals surface area (Å²) >= 11 is 6.01. The van der Waals surface area contributed by atoms with E-state index in [2.05, 4.69) is 16.0 Å². The first-order valence-corrected chi connectivity index (χ1v) is 8.77. The monoisotopic (exact) mass is 422 g/mol. The molecule has 0 aromatic heterocycles. The number of hydrogen-bond donors (Lipinski definition) is 4. The highest BCUT2D eigenvalue weighted by atomic mass is 35.5. The number of carbonyl (C=O) groups is 2. The maximum atomic E-state index is 12.8. The Morgan fingerprint density at radius 1 is 1.39 bits per heavy atom. The topological polar surface area (TPSA) is 93.7 Å². The van der Waals surface area contributed by atoms with E-state index in [1.54, 1.807) is 19.0 Å². The van der Waals surface area contributed by atoms with E-state index in [9.17, 15) is 27.9 Å². The number of hydrogen-bond acceptors (Lipinski definition) is 5. The molecule has 2 amide bonds. The Hall–Kier alpha value is -1.88. The molecule has 1 saturated heterocycles. The summed E-state index contributed by atoms with van der Waals surface area (Å²) in [5, 5.41) is 17.8. The van der Waals surface area contributed by atoms with Gasteiger partial charge < -0.3 is 15.7 Å². The molecule has 28 heavy (non-hydrogen) atoms. The van der Waals surface area contributed by atoms with Gasteiger partial charge >= 0.3 is 6.18 Å². The molecule has 4 N–H and O–H groups in total. The van der Waals surface area contributed by atoms with Crippen LogP contribution in [-0.4, -0.2) is 54.9 Å². The van der Waals surface area contributed by atoms with E-state index >= 15 is 0 Å². The lowest BCUT2D eigenvalue weighted by Crippen LogP contribution is -2.66. The molecule has 156 valence electrons. The van der Waals surface area contributed by atoms with Gasteiger partial charge in [-0.1, -0.05) is 17.7 Å². The highest BCUT2D eigenvalue weighted by molar-refractivity contribution is 6.31. The third-order valence-electron chi connectivity index (χ3n) is 4.49. The number of alkyl halides is 3.